The molecule has 0 bridgehead atoms. The Kier molecular flexibility index (Phi) is 5.23. The maximum Gasteiger partial charge on any atom is 0.130 e. The van der Waals surface area contributed by atoms with Crippen molar-refractivity contribution in [2.75, 3.05) is 0 Å². The fourth-order valence-corrected chi connectivity index (χ4v) is 2.58. The minimum absolute atomic E-state index is 0.798. The number of rotatable bonds is 6. The highest BCUT2D eigenvalue weighted by atomic mass is 16.5. The van der Waals surface area contributed by atoms with E-state index < -0.39 is 0 Å². The number of hydrogen-bond acceptors (Lipinski definition) is 2. The molecule has 0 radical (unpaired) electrons. The SMILES string of the molecule is C=Cc1ccc(Oc2cc(C)c(Oc3ccc(C=C)cc3)cc2C)cc1. The lowest BCUT2D eigenvalue weighted by Crippen LogP contribution is -1.93. The molecule has 2 nitrogen and oxygen atoms in total. The van der Waals surface area contributed by atoms with Gasteiger partial charge in [-0.3, -0.25) is 0 Å². The molecular weight excluding hydrogens is 320 g/mol. The minimum atomic E-state index is 0.798. The molecule has 0 saturated heterocycles. The second kappa shape index (κ2) is 7.75. The molecule has 0 amide bonds. The zero-order valence-corrected chi connectivity index (χ0v) is 15.2. The smallest absolute Gasteiger partial charge is 0.130 e. The van der Waals surface area contributed by atoms with E-state index in [2.05, 4.69) is 13.2 Å². The Bertz CT molecular complexity index is 840. The fourth-order valence-electron chi connectivity index (χ4n) is 2.58. The van der Waals surface area contributed by atoms with Gasteiger partial charge >= 0.3 is 0 Å². The Morgan fingerprint density at radius 2 is 0.962 bits per heavy atom. The third-order valence-electron chi connectivity index (χ3n) is 4.16. The molecule has 0 spiro atoms. The van der Waals surface area contributed by atoms with Crippen LogP contribution in [0.25, 0.3) is 12.2 Å². The molecule has 0 aromatic heterocycles. The van der Waals surface area contributed by atoms with Gasteiger partial charge in [0.2, 0.25) is 0 Å². The van der Waals surface area contributed by atoms with Gasteiger partial charge in [0.15, 0.2) is 0 Å². The Labute approximate surface area is 155 Å². The van der Waals surface area contributed by atoms with Gasteiger partial charge in [0.1, 0.15) is 23.0 Å². The molecule has 3 aromatic rings. The fraction of sp³-hybridized carbons (Fsp3) is 0.0833. The number of ether oxygens (including phenoxy) is 2. The summed E-state index contributed by atoms with van der Waals surface area (Å²) < 4.78 is 12.0. The summed E-state index contributed by atoms with van der Waals surface area (Å²) in [5.74, 6) is 3.24. The van der Waals surface area contributed by atoms with Crippen molar-refractivity contribution < 1.29 is 9.47 Å². The van der Waals surface area contributed by atoms with Gasteiger partial charge in [-0.2, -0.15) is 0 Å². The van der Waals surface area contributed by atoms with Crippen LogP contribution in [0.3, 0.4) is 0 Å². The van der Waals surface area contributed by atoms with Gasteiger partial charge in [0.25, 0.3) is 0 Å². The van der Waals surface area contributed by atoms with Crippen molar-refractivity contribution in [1.82, 2.24) is 0 Å². The number of hydrogen-bond donors (Lipinski definition) is 0. The monoisotopic (exact) mass is 342 g/mol. The first-order valence-electron chi connectivity index (χ1n) is 8.51. The summed E-state index contributed by atoms with van der Waals surface area (Å²) in [5.41, 5.74) is 4.16. The molecule has 0 unspecified atom stereocenters. The average Bonchev–Trinajstić information content (AvgIpc) is 2.67. The summed E-state index contributed by atoms with van der Waals surface area (Å²) in [7, 11) is 0. The standard InChI is InChI=1S/C24H22O2/c1-5-19-7-11-21(12-8-19)25-23-15-18(4)24(16-17(23)3)26-22-13-9-20(6-2)10-14-22/h5-16H,1-2H2,3-4H3. The maximum atomic E-state index is 6.02. The van der Waals surface area contributed by atoms with E-state index >= 15 is 0 Å². The molecule has 0 aliphatic carbocycles. The van der Waals surface area contributed by atoms with Crippen LogP contribution in [0.15, 0.2) is 73.8 Å². The zero-order valence-electron chi connectivity index (χ0n) is 15.2. The third kappa shape index (κ3) is 4.04. The maximum absolute atomic E-state index is 6.02. The summed E-state index contributed by atoms with van der Waals surface area (Å²) >= 11 is 0. The largest absolute Gasteiger partial charge is 0.457 e. The molecule has 26 heavy (non-hydrogen) atoms. The van der Waals surface area contributed by atoms with Crippen LogP contribution in [0.5, 0.6) is 23.0 Å². The Balaban J connectivity index is 1.80. The third-order valence-corrected chi connectivity index (χ3v) is 4.16. The highest BCUT2D eigenvalue weighted by Gasteiger charge is 2.09. The molecule has 2 heteroatoms. The Morgan fingerprint density at radius 3 is 1.27 bits per heavy atom. The quantitative estimate of drug-likeness (QED) is 0.472. The summed E-state index contributed by atoms with van der Waals surface area (Å²) in [6.07, 6.45) is 3.62. The van der Waals surface area contributed by atoms with Crippen molar-refractivity contribution in [1.29, 1.82) is 0 Å². The molecule has 130 valence electrons. The highest BCUT2D eigenvalue weighted by Crippen LogP contribution is 2.33. The van der Waals surface area contributed by atoms with Crippen molar-refractivity contribution >= 4 is 12.2 Å². The van der Waals surface area contributed by atoms with Gasteiger partial charge in [-0.25, -0.2) is 0 Å². The van der Waals surface area contributed by atoms with Gasteiger partial charge in [-0.15, -0.1) is 0 Å². The predicted molar refractivity (Wildman–Crippen MR) is 109 cm³/mol. The predicted octanol–water partition coefficient (Wildman–Crippen LogP) is 7.17. The van der Waals surface area contributed by atoms with Gasteiger partial charge in [-0.05, 0) is 72.5 Å². The Morgan fingerprint density at radius 1 is 0.615 bits per heavy atom. The molecule has 3 aromatic carbocycles. The molecule has 0 atom stereocenters. The van der Waals surface area contributed by atoms with E-state index in [4.69, 9.17) is 9.47 Å². The van der Waals surface area contributed by atoms with E-state index in [1.54, 1.807) is 0 Å². The first kappa shape index (κ1) is 17.6. The van der Waals surface area contributed by atoms with Crippen LogP contribution >= 0.6 is 0 Å². The van der Waals surface area contributed by atoms with Crippen molar-refractivity contribution in [3.8, 4) is 23.0 Å². The lowest BCUT2D eigenvalue weighted by atomic mass is 10.1. The van der Waals surface area contributed by atoms with Gasteiger partial charge in [0.05, 0.1) is 0 Å². The molecule has 0 fully saturated rings. The molecule has 0 aliphatic heterocycles. The van der Waals surface area contributed by atoms with Crippen LogP contribution in [-0.2, 0) is 0 Å². The van der Waals surface area contributed by atoms with Crippen LogP contribution in [0.1, 0.15) is 22.3 Å². The van der Waals surface area contributed by atoms with Gasteiger partial charge < -0.3 is 9.47 Å². The van der Waals surface area contributed by atoms with Crippen LogP contribution in [-0.4, -0.2) is 0 Å². The molecule has 0 saturated carbocycles. The number of benzene rings is 3. The van der Waals surface area contributed by atoms with Crippen LogP contribution in [0.2, 0.25) is 0 Å². The van der Waals surface area contributed by atoms with Crippen molar-refractivity contribution in [2.45, 2.75) is 13.8 Å². The Hall–Kier alpha value is -3.26. The van der Waals surface area contributed by atoms with Crippen molar-refractivity contribution in [2.24, 2.45) is 0 Å². The van der Waals surface area contributed by atoms with Crippen molar-refractivity contribution in [3.05, 3.63) is 96.1 Å². The molecule has 0 heterocycles. The number of aryl methyl sites for hydroxylation is 2. The minimum Gasteiger partial charge on any atom is -0.457 e. The second-order valence-corrected chi connectivity index (χ2v) is 6.13. The van der Waals surface area contributed by atoms with Crippen LogP contribution < -0.4 is 9.47 Å². The molecule has 0 aliphatic rings. The first-order valence-corrected chi connectivity index (χ1v) is 8.51. The molecular formula is C24H22O2. The van der Waals surface area contributed by atoms with Crippen molar-refractivity contribution in [3.63, 3.8) is 0 Å². The van der Waals surface area contributed by atoms with E-state index in [0.29, 0.717) is 0 Å². The topological polar surface area (TPSA) is 18.5 Å². The van der Waals surface area contributed by atoms with E-state index in [9.17, 15) is 0 Å². The summed E-state index contributed by atoms with van der Waals surface area (Å²) in [4.78, 5) is 0. The summed E-state index contributed by atoms with van der Waals surface area (Å²) in [6, 6.07) is 19.7. The van der Waals surface area contributed by atoms with Gasteiger partial charge in [0, 0.05) is 0 Å². The summed E-state index contributed by atoms with van der Waals surface area (Å²) in [6.45, 7) is 11.6. The normalized spacial score (nSPS) is 10.2. The first-order chi connectivity index (χ1) is 12.6. The average molecular weight is 342 g/mol. The van der Waals surface area contributed by atoms with Gasteiger partial charge in [-0.1, -0.05) is 49.6 Å². The summed E-state index contributed by atoms with van der Waals surface area (Å²) in [5, 5.41) is 0. The lowest BCUT2D eigenvalue weighted by Gasteiger charge is -2.14. The van der Waals surface area contributed by atoms with E-state index in [-0.39, 0.29) is 0 Å². The van der Waals surface area contributed by atoms with E-state index in [1.807, 2.05) is 86.7 Å². The highest BCUT2D eigenvalue weighted by molar-refractivity contribution is 5.52. The zero-order chi connectivity index (χ0) is 18.5. The van der Waals surface area contributed by atoms with E-state index in [0.717, 1.165) is 45.3 Å². The lowest BCUT2D eigenvalue weighted by molar-refractivity contribution is 0.463. The van der Waals surface area contributed by atoms with Crippen LogP contribution in [0.4, 0.5) is 0 Å². The second-order valence-electron chi connectivity index (χ2n) is 6.13. The van der Waals surface area contributed by atoms with E-state index in [1.165, 1.54) is 0 Å². The van der Waals surface area contributed by atoms with Crippen LogP contribution in [0, 0.1) is 13.8 Å². The molecule has 3 rings (SSSR count). The molecule has 0 N–H and O–H groups in total.